The number of primary amides is 1. The van der Waals surface area contributed by atoms with Gasteiger partial charge in [0, 0.05) is 12.0 Å². The number of nitrogens with two attached hydrogens (primary N) is 1. The standard InChI is InChI=1S/C12H13N3O2/c13-12(16)10-6-2-1-4-9(10)5-3-7-11-15-14-8-17-11/h1-2,4,6,8H,3,5,7H2,(H2,13,16). The molecule has 17 heavy (non-hydrogen) atoms. The summed E-state index contributed by atoms with van der Waals surface area (Å²) in [4.78, 5) is 11.2. The molecule has 0 unspecified atom stereocenters. The lowest BCUT2D eigenvalue weighted by Gasteiger charge is -2.04. The van der Waals surface area contributed by atoms with Gasteiger partial charge in [0.1, 0.15) is 0 Å². The van der Waals surface area contributed by atoms with E-state index < -0.39 is 5.91 Å². The Kier molecular flexibility index (Phi) is 3.49. The predicted octanol–water partition coefficient (Wildman–Crippen LogP) is 1.34. The van der Waals surface area contributed by atoms with Gasteiger partial charge in [-0.25, -0.2) is 0 Å². The van der Waals surface area contributed by atoms with Gasteiger partial charge in [-0.15, -0.1) is 10.2 Å². The Bertz CT molecular complexity index is 494. The number of nitrogens with zero attached hydrogens (tertiary/aromatic N) is 2. The summed E-state index contributed by atoms with van der Waals surface area (Å²) >= 11 is 0. The van der Waals surface area contributed by atoms with E-state index in [2.05, 4.69) is 10.2 Å². The second-order valence-corrected chi connectivity index (χ2v) is 3.71. The maximum absolute atomic E-state index is 11.2. The first kappa shape index (κ1) is 11.3. The number of hydrogen-bond donors (Lipinski definition) is 1. The van der Waals surface area contributed by atoms with Gasteiger partial charge in [0.15, 0.2) is 0 Å². The first-order valence-corrected chi connectivity index (χ1v) is 5.40. The Labute approximate surface area is 98.7 Å². The van der Waals surface area contributed by atoms with Crippen LogP contribution in [0, 0.1) is 0 Å². The van der Waals surface area contributed by atoms with Crippen molar-refractivity contribution >= 4 is 5.91 Å². The minimum absolute atomic E-state index is 0.390. The molecule has 1 aromatic carbocycles. The molecular formula is C12H13N3O2. The van der Waals surface area contributed by atoms with E-state index in [1.165, 1.54) is 6.39 Å². The van der Waals surface area contributed by atoms with Crippen LogP contribution < -0.4 is 5.73 Å². The number of amides is 1. The minimum atomic E-state index is -0.390. The summed E-state index contributed by atoms with van der Waals surface area (Å²) in [5.41, 5.74) is 6.84. The molecule has 5 heteroatoms. The largest absolute Gasteiger partial charge is 0.428 e. The van der Waals surface area contributed by atoms with Crippen LogP contribution >= 0.6 is 0 Å². The molecule has 2 rings (SSSR count). The Morgan fingerprint density at radius 1 is 1.29 bits per heavy atom. The highest BCUT2D eigenvalue weighted by Crippen LogP contribution is 2.11. The molecule has 0 atom stereocenters. The lowest BCUT2D eigenvalue weighted by Crippen LogP contribution is -2.13. The number of rotatable bonds is 5. The van der Waals surface area contributed by atoms with Crippen molar-refractivity contribution in [2.75, 3.05) is 0 Å². The van der Waals surface area contributed by atoms with Crippen molar-refractivity contribution in [1.29, 1.82) is 0 Å². The molecule has 1 aromatic heterocycles. The molecule has 5 nitrogen and oxygen atoms in total. The monoisotopic (exact) mass is 231 g/mol. The summed E-state index contributed by atoms with van der Waals surface area (Å²) in [6, 6.07) is 7.36. The van der Waals surface area contributed by atoms with Crippen LogP contribution in [0.2, 0.25) is 0 Å². The van der Waals surface area contributed by atoms with Gasteiger partial charge in [-0.1, -0.05) is 18.2 Å². The van der Waals surface area contributed by atoms with Crippen molar-refractivity contribution in [3.8, 4) is 0 Å². The second kappa shape index (κ2) is 5.25. The third-order valence-electron chi connectivity index (χ3n) is 2.52. The zero-order valence-electron chi connectivity index (χ0n) is 9.30. The number of hydrogen-bond acceptors (Lipinski definition) is 4. The van der Waals surface area contributed by atoms with Crippen LogP contribution in [0.15, 0.2) is 35.1 Å². The van der Waals surface area contributed by atoms with Gasteiger partial charge in [-0.2, -0.15) is 0 Å². The molecule has 2 aromatic rings. The van der Waals surface area contributed by atoms with Gasteiger partial charge in [-0.3, -0.25) is 4.79 Å². The predicted molar refractivity (Wildman–Crippen MR) is 61.3 cm³/mol. The number of carbonyl (C=O) groups excluding carboxylic acids is 1. The maximum Gasteiger partial charge on any atom is 0.248 e. The smallest absolute Gasteiger partial charge is 0.248 e. The summed E-state index contributed by atoms with van der Waals surface area (Å²) < 4.78 is 5.04. The molecule has 0 spiro atoms. The Balaban J connectivity index is 1.97. The Morgan fingerprint density at radius 2 is 2.12 bits per heavy atom. The Hall–Kier alpha value is -2.17. The lowest BCUT2D eigenvalue weighted by molar-refractivity contribution is 0.0999. The number of carbonyl (C=O) groups is 1. The van der Waals surface area contributed by atoms with Crippen molar-refractivity contribution in [2.45, 2.75) is 19.3 Å². The summed E-state index contributed by atoms with van der Waals surface area (Å²) in [5, 5.41) is 7.40. The summed E-state index contributed by atoms with van der Waals surface area (Å²) in [7, 11) is 0. The molecule has 0 fully saturated rings. The van der Waals surface area contributed by atoms with Crippen molar-refractivity contribution in [1.82, 2.24) is 10.2 Å². The summed E-state index contributed by atoms with van der Waals surface area (Å²) in [6.07, 6.45) is 3.62. The van der Waals surface area contributed by atoms with Crippen molar-refractivity contribution in [3.63, 3.8) is 0 Å². The topological polar surface area (TPSA) is 82.0 Å². The van der Waals surface area contributed by atoms with Gasteiger partial charge >= 0.3 is 0 Å². The average molecular weight is 231 g/mol. The van der Waals surface area contributed by atoms with Crippen LogP contribution in [0.4, 0.5) is 0 Å². The van der Waals surface area contributed by atoms with Gasteiger partial charge in [0.2, 0.25) is 18.2 Å². The number of benzene rings is 1. The van der Waals surface area contributed by atoms with E-state index in [9.17, 15) is 4.79 Å². The van der Waals surface area contributed by atoms with Crippen LogP contribution in [-0.4, -0.2) is 16.1 Å². The summed E-state index contributed by atoms with van der Waals surface area (Å²) in [6.45, 7) is 0. The molecule has 0 bridgehead atoms. The van der Waals surface area contributed by atoms with Gasteiger partial charge in [-0.05, 0) is 24.5 Å². The second-order valence-electron chi connectivity index (χ2n) is 3.71. The molecule has 1 amide bonds. The third kappa shape index (κ3) is 2.90. The van der Waals surface area contributed by atoms with Crippen LogP contribution in [0.5, 0.6) is 0 Å². The van der Waals surface area contributed by atoms with Gasteiger partial charge in [0.25, 0.3) is 0 Å². The van der Waals surface area contributed by atoms with Gasteiger partial charge < -0.3 is 10.2 Å². The van der Waals surface area contributed by atoms with Crippen molar-refractivity contribution in [3.05, 3.63) is 47.7 Å². The first-order valence-electron chi connectivity index (χ1n) is 5.40. The van der Waals surface area contributed by atoms with E-state index in [1.54, 1.807) is 6.07 Å². The third-order valence-corrected chi connectivity index (χ3v) is 2.52. The fourth-order valence-corrected chi connectivity index (χ4v) is 1.71. The fourth-order valence-electron chi connectivity index (χ4n) is 1.71. The van der Waals surface area contributed by atoms with E-state index >= 15 is 0 Å². The molecule has 0 aliphatic carbocycles. The normalized spacial score (nSPS) is 10.4. The highest BCUT2D eigenvalue weighted by molar-refractivity contribution is 5.94. The maximum atomic E-state index is 11.2. The molecule has 0 aliphatic heterocycles. The van der Waals surface area contributed by atoms with Gasteiger partial charge in [0.05, 0.1) is 0 Å². The molecule has 1 heterocycles. The first-order chi connectivity index (χ1) is 8.27. The number of aromatic nitrogens is 2. The quantitative estimate of drug-likeness (QED) is 0.841. The highest BCUT2D eigenvalue weighted by atomic mass is 16.4. The Morgan fingerprint density at radius 3 is 2.82 bits per heavy atom. The van der Waals surface area contributed by atoms with E-state index in [0.717, 1.165) is 18.4 Å². The van der Waals surface area contributed by atoms with E-state index in [-0.39, 0.29) is 0 Å². The SMILES string of the molecule is NC(=O)c1ccccc1CCCc1nnco1. The zero-order chi connectivity index (χ0) is 12.1. The molecule has 88 valence electrons. The van der Waals surface area contributed by atoms with Crippen molar-refractivity contribution < 1.29 is 9.21 Å². The van der Waals surface area contributed by atoms with Crippen LogP contribution in [0.1, 0.15) is 28.2 Å². The minimum Gasteiger partial charge on any atom is -0.428 e. The molecule has 0 saturated carbocycles. The van der Waals surface area contributed by atoms with E-state index in [4.69, 9.17) is 10.2 Å². The van der Waals surface area contributed by atoms with Crippen LogP contribution in [0.3, 0.4) is 0 Å². The summed E-state index contributed by atoms with van der Waals surface area (Å²) in [5.74, 6) is 0.222. The fraction of sp³-hybridized carbons (Fsp3) is 0.250. The average Bonchev–Trinajstić information content (AvgIpc) is 2.82. The molecule has 0 saturated heterocycles. The molecule has 0 aliphatic rings. The van der Waals surface area contributed by atoms with Crippen LogP contribution in [-0.2, 0) is 12.8 Å². The van der Waals surface area contributed by atoms with E-state index in [1.807, 2.05) is 18.2 Å². The number of aryl methyl sites for hydroxylation is 2. The molecule has 2 N–H and O–H groups in total. The van der Waals surface area contributed by atoms with E-state index in [0.29, 0.717) is 17.9 Å². The highest BCUT2D eigenvalue weighted by Gasteiger charge is 2.07. The molecular weight excluding hydrogens is 218 g/mol. The lowest BCUT2D eigenvalue weighted by atomic mass is 10.0. The van der Waals surface area contributed by atoms with Crippen LogP contribution in [0.25, 0.3) is 0 Å². The molecule has 0 radical (unpaired) electrons. The zero-order valence-corrected chi connectivity index (χ0v) is 9.30. The van der Waals surface area contributed by atoms with Crippen molar-refractivity contribution in [2.24, 2.45) is 5.73 Å².